The largest absolute Gasteiger partial charge is 0.496 e. The van der Waals surface area contributed by atoms with E-state index in [0.717, 1.165) is 4.90 Å². The van der Waals surface area contributed by atoms with Gasteiger partial charge in [0.2, 0.25) is 0 Å². The third kappa shape index (κ3) is 3.65. The average Bonchev–Trinajstić information content (AvgIpc) is 3.16. The fraction of sp³-hybridized carbons (Fsp3) is 0.412. The van der Waals surface area contributed by atoms with Crippen molar-refractivity contribution in [1.29, 1.82) is 0 Å². The second-order valence-corrected chi connectivity index (χ2v) is 6.81. The van der Waals surface area contributed by atoms with E-state index in [9.17, 15) is 9.59 Å². The molecule has 2 aromatic rings. The number of ether oxygens (including phenoxy) is 1. The number of hydrogen-bond donors (Lipinski definition) is 1. The summed E-state index contributed by atoms with van der Waals surface area (Å²) in [5.41, 5.74) is 1.31. The van der Waals surface area contributed by atoms with Crippen LogP contribution in [-0.2, 0) is 17.8 Å². The molecule has 0 unspecified atom stereocenters. The zero-order valence-corrected chi connectivity index (χ0v) is 15.5. The van der Waals surface area contributed by atoms with Crippen LogP contribution in [0.1, 0.15) is 31.1 Å². The van der Waals surface area contributed by atoms with Gasteiger partial charge in [0.25, 0.3) is 5.91 Å². The number of aromatic nitrogens is 3. The topological polar surface area (TPSA) is 89.3 Å². The molecule has 0 saturated carbocycles. The summed E-state index contributed by atoms with van der Waals surface area (Å²) >= 11 is 6.02. The molecule has 1 fully saturated rings. The van der Waals surface area contributed by atoms with E-state index in [0.29, 0.717) is 28.5 Å². The smallest absolute Gasteiger partial charge is 0.325 e. The maximum Gasteiger partial charge on any atom is 0.325 e. The molecule has 1 saturated heterocycles. The highest BCUT2D eigenvalue weighted by atomic mass is 35.5. The van der Waals surface area contributed by atoms with E-state index >= 15 is 0 Å². The van der Waals surface area contributed by atoms with Crippen LogP contribution in [0.2, 0.25) is 5.02 Å². The first-order valence-electron chi connectivity index (χ1n) is 8.24. The zero-order valence-electron chi connectivity index (χ0n) is 14.8. The van der Waals surface area contributed by atoms with Crippen molar-refractivity contribution in [2.45, 2.75) is 38.9 Å². The Bertz CT molecular complexity index is 836. The van der Waals surface area contributed by atoms with Crippen LogP contribution in [0.3, 0.4) is 0 Å². The number of halogens is 1. The number of methoxy groups -OCH3 is 1. The lowest BCUT2D eigenvalue weighted by molar-refractivity contribution is -0.127. The van der Waals surface area contributed by atoms with Gasteiger partial charge in [-0.3, -0.25) is 9.69 Å². The molecule has 1 aromatic heterocycles. The van der Waals surface area contributed by atoms with Crippen LogP contribution in [0.25, 0.3) is 0 Å². The maximum absolute atomic E-state index is 12.7. The molecule has 1 N–H and O–H groups in total. The molecule has 9 heteroatoms. The van der Waals surface area contributed by atoms with Crippen LogP contribution in [0.4, 0.5) is 4.79 Å². The number of nitrogens with zero attached hydrogens (tertiary/aromatic N) is 4. The van der Waals surface area contributed by atoms with E-state index in [1.165, 1.54) is 7.11 Å². The first kappa shape index (κ1) is 18.2. The predicted octanol–water partition coefficient (Wildman–Crippen LogP) is 2.18. The summed E-state index contributed by atoms with van der Waals surface area (Å²) in [6, 6.07) is 4.15. The molecule has 26 heavy (non-hydrogen) atoms. The summed E-state index contributed by atoms with van der Waals surface area (Å²) < 4.78 is 6.99. The summed E-state index contributed by atoms with van der Waals surface area (Å²) in [5.74, 6) is 0.259. The van der Waals surface area contributed by atoms with Crippen LogP contribution in [-0.4, -0.2) is 45.0 Å². The lowest BCUT2D eigenvalue weighted by Gasteiger charge is -2.15. The molecule has 1 atom stereocenters. The Morgan fingerprint density at radius 3 is 2.77 bits per heavy atom. The van der Waals surface area contributed by atoms with E-state index in [4.69, 9.17) is 16.3 Å². The standard InChI is InChI=1S/C17H20ClN5O3/c1-10(2)23-9-13(20-21-23)7-14-16(24)22(17(25)19-14)8-11-6-12(18)4-5-15(11)26-3/h4-6,9-10,14H,7-8H2,1-3H3,(H,19,25)/t14-/m0/s1. The Morgan fingerprint density at radius 2 is 2.12 bits per heavy atom. The molecule has 1 aliphatic heterocycles. The van der Waals surface area contributed by atoms with Gasteiger partial charge in [0.1, 0.15) is 11.8 Å². The molecular formula is C17H20ClN5O3. The van der Waals surface area contributed by atoms with Gasteiger partial charge in [-0.2, -0.15) is 0 Å². The van der Waals surface area contributed by atoms with Gasteiger partial charge in [0.05, 0.1) is 19.3 Å². The third-order valence-corrected chi connectivity index (χ3v) is 4.41. The summed E-state index contributed by atoms with van der Waals surface area (Å²) in [6.07, 6.45) is 2.08. The van der Waals surface area contributed by atoms with Gasteiger partial charge in [0, 0.05) is 29.2 Å². The van der Waals surface area contributed by atoms with Crippen molar-refractivity contribution in [1.82, 2.24) is 25.2 Å². The van der Waals surface area contributed by atoms with E-state index in [1.54, 1.807) is 29.1 Å². The number of amides is 3. The van der Waals surface area contributed by atoms with E-state index in [-0.39, 0.29) is 18.5 Å². The monoisotopic (exact) mass is 377 g/mol. The average molecular weight is 378 g/mol. The third-order valence-electron chi connectivity index (χ3n) is 4.18. The van der Waals surface area contributed by atoms with Crippen LogP contribution < -0.4 is 10.1 Å². The molecule has 0 spiro atoms. The number of nitrogens with one attached hydrogen (secondary N) is 1. The second-order valence-electron chi connectivity index (χ2n) is 6.37. The maximum atomic E-state index is 12.7. The van der Waals surface area contributed by atoms with Gasteiger partial charge in [-0.25, -0.2) is 9.48 Å². The minimum atomic E-state index is -0.662. The minimum Gasteiger partial charge on any atom is -0.496 e. The fourth-order valence-electron chi connectivity index (χ4n) is 2.77. The van der Waals surface area contributed by atoms with Crippen molar-refractivity contribution in [3.05, 3.63) is 40.7 Å². The molecule has 8 nitrogen and oxygen atoms in total. The SMILES string of the molecule is COc1ccc(Cl)cc1CN1C(=O)N[C@@H](Cc2cn(C(C)C)nn2)C1=O. The molecule has 1 aromatic carbocycles. The Morgan fingerprint density at radius 1 is 1.35 bits per heavy atom. The minimum absolute atomic E-state index is 0.0869. The molecule has 3 amide bonds. The number of benzene rings is 1. The van der Waals surface area contributed by atoms with Crippen molar-refractivity contribution in [3.8, 4) is 5.75 Å². The first-order valence-corrected chi connectivity index (χ1v) is 8.62. The molecule has 1 aliphatic rings. The lowest BCUT2D eigenvalue weighted by atomic mass is 10.1. The van der Waals surface area contributed by atoms with Crippen molar-refractivity contribution >= 4 is 23.5 Å². The Kier molecular flexibility index (Phi) is 5.13. The van der Waals surface area contributed by atoms with Gasteiger partial charge >= 0.3 is 6.03 Å². The molecule has 0 aliphatic carbocycles. The van der Waals surface area contributed by atoms with Gasteiger partial charge in [-0.15, -0.1) is 5.10 Å². The van der Waals surface area contributed by atoms with Crippen molar-refractivity contribution in [3.63, 3.8) is 0 Å². The predicted molar refractivity (Wildman–Crippen MR) is 95.0 cm³/mol. The highest BCUT2D eigenvalue weighted by Crippen LogP contribution is 2.25. The second kappa shape index (κ2) is 7.33. The highest BCUT2D eigenvalue weighted by Gasteiger charge is 2.38. The number of carbonyl (C=O) groups excluding carboxylic acids is 2. The van der Waals surface area contributed by atoms with Crippen molar-refractivity contribution in [2.24, 2.45) is 0 Å². The lowest BCUT2D eigenvalue weighted by Crippen LogP contribution is -2.32. The number of rotatable bonds is 6. The molecule has 3 rings (SSSR count). The van der Waals surface area contributed by atoms with E-state index in [1.807, 2.05) is 13.8 Å². The van der Waals surface area contributed by atoms with E-state index < -0.39 is 12.1 Å². The van der Waals surface area contributed by atoms with Gasteiger partial charge < -0.3 is 10.1 Å². The Labute approximate surface area is 156 Å². The first-order chi connectivity index (χ1) is 12.4. The Balaban J connectivity index is 1.73. The number of urea groups is 1. The summed E-state index contributed by atoms with van der Waals surface area (Å²) in [7, 11) is 1.53. The zero-order chi connectivity index (χ0) is 18.8. The number of carbonyl (C=O) groups is 2. The van der Waals surface area contributed by atoms with Crippen molar-refractivity contribution < 1.29 is 14.3 Å². The van der Waals surface area contributed by atoms with Crippen LogP contribution >= 0.6 is 11.6 Å². The highest BCUT2D eigenvalue weighted by molar-refractivity contribution is 6.30. The van der Waals surface area contributed by atoms with Crippen LogP contribution in [0.5, 0.6) is 5.75 Å². The van der Waals surface area contributed by atoms with Gasteiger partial charge in [0.15, 0.2) is 0 Å². The molecule has 138 valence electrons. The molecule has 2 heterocycles. The van der Waals surface area contributed by atoms with Crippen LogP contribution in [0.15, 0.2) is 24.4 Å². The van der Waals surface area contributed by atoms with E-state index in [2.05, 4.69) is 15.6 Å². The van der Waals surface area contributed by atoms with Crippen molar-refractivity contribution in [2.75, 3.05) is 7.11 Å². The van der Waals surface area contributed by atoms with Gasteiger partial charge in [-0.05, 0) is 32.0 Å². The number of imide groups is 1. The normalized spacial score (nSPS) is 17.1. The summed E-state index contributed by atoms with van der Waals surface area (Å²) in [6.45, 7) is 4.06. The molecular weight excluding hydrogens is 358 g/mol. The van der Waals surface area contributed by atoms with Crippen LogP contribution in [0, 0.1) is 0 Å². The fourth-order valence-corrected chi connectivity index (χ4v) is 2.97. The quantitative estimate of drug-likeness (QED) is 0.779. The summed E-state index contributed by atoms with van der Waals surface area (Å²) in [5, 5.41) is 11.3. The Hall–Kier alpha value is -2.61. The van der Waals surface area contributed by atoms with Gasteiger partial charge in [-0.1, -0.05) is 16.8 Å². The molecule has 0 radical (unpaired) electrons. The molecule has 0 bridgehead atoms. The number of hydrogen-bond acceptors (Lipinski definition) is 5. The summed E-state index contributed by atoms with van der Waals surface area (Å²) in [4.78, 5) is 26.1.